The summed E-state index contributed by atoms with van der Waals surface area (Å²) in [6.45, 7) is 0.425. The zero-order chi connectivity index (χ0) is 26.4. The number of hydrogen-bond donors (Lipinski definition) is 1. The molecule has 1 spiro atoms. The third-order valence-electron chi connectivity index (χ3n) is 8.03. The molecule has 4 atom stereocenters. The summed E-state index contributed by atoms with van der Waals surface area (Å²) >= 11 is 1.67. The zero-order valence-electron chi connectivity index (χ0n) is 21.0. The molecule has 6 rings (SSSR count). The summed E-state index contributed by atoms with van der Waals surface area (Å²) in [6, 6.07) is 22.7. The number of nitrogens with zero attached hydrogens (tertiary/aromatic N) is 2. The van der Waals surface area contributed by atoms with E-state index in [0.29, 0.717) is 12.1 Å². The Morgan fingerprint density at radius 1 is 0.842 bits per heavy atom. The average Bonchev–Trinajstić information content (AvgIpc) is 3.49. The van der Waals surface area contributed by atoms with E-state index in [1.54, 1.807) is 28.8 Å². The second-order valence-electron chi connectivity index (χ2n) is 10.1. The van der Waals surface area contributed by atoms with Crippen LogP contribution >= 0.6 is 11.8 Å². The van der Waals surface area contributed by atoms with Gasteiger partial charge in [0.1, 0.15) is 11.4 Å². The molecule has 0 aromatic heterocycles. The maximum absolute atomic E-state index is 14.4. The third kappa shape index (κ3) is 3.77. The van der Waals surface area contributed by atoms with Crippen LogP contribution in [0, 0.1) is 17.7 Å². The van der Waals surface area contributed by atoms with Gasteiger partial charge in [-0.3, -0.25) is 24.6 Å². The van der Waals surface area contributed by atoms with Crippen molar-refractivity contribution in [1.82, 2.24) is 10.2 Å². The van der Waals surface area contributed by atoms with E-state index >= 15 is 0 Å². The predicted octanol–water partition coefficient (Wildman–Crippen LogP) is 4.09. The summed E-state index contributed by atoms with van der Waals surface area (Å²) in [6.07, 6.45) is 2.67. The predicted molar refractivity (Wildman–Crippen MR) is 145 cm³/mol. The summed E-state index contributed by atoms with van der Waals surface area (Å²) < 4.78 is 13.6. The van der Waals surface area contributed by atoms with Crippen LogP contribution in [0.4, 0.5) is 10.1 Å². The minimum atomic E-state index is -1.33. The lowest BCUT2D eigenvalue weighted by Gasteiger charge is -2.30. The molecule has 8 heteroatoms. The standard InChI is InChI=1S/C30H28FN3O3S/c1-38-16-15-23-25-26(28(36)34(27(25)35)18-19-7-3-2-4-8-19)30(32-23)22-9-5-6-10-24(22)33(29(30)37)17-20-11-13-21(31)14-12-20/h2-14,23,25-26,32H,15-18H2,1H3/t23-,25-,26+,30-/m0/s1. The highest BCUT2D eigenvalue weighted by Gasteiger charge is 2.71. The van der Waals surface area contributed by atoms with Gasteiger partial charge in [-0.1, -0.05) is 60.7 Å². The molecule has 3 aliphatic rings. The Kier molecular flexibility index (Phi) is 6.32. The van der Waals surface area contributed by atoms with Gasteiger partial charge < -0.3 is 4.90 Å². The van der Waals surface area contributed by atoms with Crippen LogP contribution in [0.5, 0.6) is 0 Å². The molecule has 0 bridgehead atoms. The van der Waals surface area contributed by atoms with Crippen molar-refractivity contribution in [3.63, 3.8) is 0 Å². The van der Waals surface area contributed by atoms with Crippen molar-refractivity contribution in [3.05, 3.63) is 101 Å². The van der Waals surface area contributed by atoms with Crippen LogP contribution in [0.1, 0.15) is 23.1 Å². The molecule has 0 radical (unpaired) electrons. The van der Waals surface area contributed by atoms with Gasteiger partial charge in [0, 0.05) is 17.3 Å². The normalized spacial score (nSPS) is 25.9. The number of rotatable bonds is 7. The van der Waals surface area contributed by atoms with E-state index in [1.165, 1.54) is 17.0 Å². The Morgan fingerprint density at radius 3 is 2.24 bits per heavy atom. The van der Waals surface area contributed by atoms with Gasteiger partial charge in [0.05, 0.1) is 24.9 Å². The molecule has 3 aromatic rings. The summed E-state index contributed by atoms with van der Waals surface area (Å²) in [7, 11) is 0. The van der Waals surface area contributed by atoms with E-state index in [9.17, 15) is 18.8 Å². The minimum absolute atomic E-state index is 0.186. The Balaban J connectivity index is 1.43. The number of fused-ring (bicyclic) bond motifs is 4. The molecule has 0 aliphatic carbocycles. The molecule has 2 saturated heterocycles. The fourth-order valence-corrected chi connectivity index (χ4v) is 6.84. The number of benzene rings is 3. The lowest BCUT2D eigenvalue weighted by Crippen LogP contribution is -2.55. The topological polar surface area (TPSA) is 69.7 Å². The Labute approximate surface area is 225 Å². The van der Waals surface area contributed by atoms with E-state index in [-0.39, 0.29) is 42.7 Å². The highest BCUT2D eigenvalue weighted by atomic mass is 32.2. The number of para-hydroxylation sites is 1. The Bertz CT molecular complexity index is 1400. The molecule has 3 amide bonds. The number of amides is 3. The molecule has 0 unspecified atom stereocenters. The van der Waals surface area contributed by atoms with Crippen molar-refractivity contribution in [1.29, 1.82) is 0 Å². The third-order valence-corrected chi connectivity index (χ3v) is 8.67. The molecule has 1 N–H and O–H groups in total. The van der Waals surface area contributed by atoms with Crippen molar-refractivity contribution in [2.24, 2.45) is 11.8 Å². The highest BCUT2D eigenvalue weighted by molar-refractivity contribution is 7.98. The number of likely N-dealkylation sites (tertiary alicyclic amines) is 1. The van der Waals surface area contributed by atoms with Crippen LogP contribution in [-0.4, -0.2) is 40.7 Å². The first kappa shape index (κ1) is 24.8. The maximum Gasteiger partial charge on any atom is 0.253 e. The number of imide groups is 1. The second-order valence-corrected chi connectivity index (χ2v) is 11.1. The lowest BCUT2D eigenvalue weighted by molar-refractivity contribution is -0.143. The average molecular weight is 530 g/mol. The zero-order valence-corrected chi connectivity index (χ0v) is 21.8. The van der Waals surface area contributed by atoms with Gasteiger partial charge >= 0.3 is 0 Å². The number of thioether (sulfide) groups is 1. The van der Waals surface area contributed by atoms with E-state index in [1.807, 2.05) is 60.9 Å². The number of halogens is 1. The van der Waals surface area contributed by atoms with Gasteiger partial charge in [-0.25, -0.2) is 4.39 Å². The van der Waals surface area contributed by atoms with Gasteiger partial charge in [-0.2, -0.15) is 11.8 Å². The van der Waals surface area contributed by atoms with Crippen LogP contribution in [-0.2, 0) is 33.0 Å². The van der Waals surface area contributed by atoms with Gasteiger partial charge in [0.15, 0.2) is 0 Å². The van der Waals surface area contributed by atoms with E-state index in [2.05, 4.69) is 5.32 Å². The molecule has 2 fully saturated rings. The maximum atomic E-state index is 14.4. The number of hydrogen-bond acceptors (Lipinski definition) is 5. The second kappa shape index (κ2) is 9.67. The van der Waals surface area contributed by atoms with Crippen molar-refractivity contribution in [2.75, 3.05) is 16.9 Å². The number of anilines is 1. The van der Waals surface area contributed by atoms with Crippen molar-refractivity contribution < 1.29 is 18.8 Å². The van der Waals surface area contributed by atoms with E-state index in [0.717, 1.165) is 22.4 Å². The molecule has 3 aromatic carbocycles. The van der Waals surface area contributed by atoms with Gasteiger partial charge in [0.2, 0.25) is 11.8 Å². The monoisotopic (exact) mass is 529 g/mol. The summed E-state index contributed by atoms with van der Waals surface area (Å²) in [5.41, 5.74) is 1.74. The van der Waals surface area contributed by atoms with Crippen LogP contribution in [0.25, 0.3) is 0 Å². The summed E-state index contributed by atoms with van der Waals surface area (Å²) in [5.74, 6) is -1.78. The van der Waals surface area contributed by atoms with E-state index in [4.69, 9.17) is 0 Å². The Hall–Kier alpha value is -3.49. The molecule has 0 saturated carbocycles. The smallest absolute Gasteiger partial charge is 0.253 e. The first-order valence-corrected chi connectivity index (χ1v) is 14.2. The van der Waals surface area contributed by atoms with Crippen LogP contribution in [0.3, 0.4) is 0 Å². The number of carbonyl (C=O) groups is 3. The summed E-state index contributed by atoms with van der Waals surface area (Å²) in [4.78, 5) is 45.4. The molecule has 3 aliphatic heterocycles. The van der Waals surface area contributed by atoms with Crippen molar-refractivity contribution in [3.8, 4) is 0 Å². The molecular formula is C30H28FN3O3S. The SMILES string of the molecule is CSCC[C@@H]1N[C@]2(C(=O)N(Cc3ccc(F)cc3)c3ccccc32)[C@H]2C(=O)N(Cc3ccccc3)C(=O)[C@@H]12. The van der Waals surface area contributed by atoms with E-state index < -0.39 is 17.4 Å². The summed E-state index contributed by atoms with van der Waals surface area (Å²) in [5, 5.41) is 3.55. The van der Waals surface area contributed by atoms with Crippen LogP contribution in [0.2, 0.25) is 0 Å². The molecule has 3 heterocycles. The number of carbonyl (C=O) groups excluding carboxylic acids is 3. The minimum Gasteiger partial charge on any atom is -0.306 e. The Morgan fingerprint density at radius 2 is 1.50 bits per heavy atom. The van der Waals surface area contributed by atoms with Gasteiger partial charge in [0.25, 0.3) is 5.91 Å². The van der Waals surface area contributed by atoms with Crippen molar-refractivity contribution in [2.45, 2.75) is 31.1 Å². The van der Waals surface area contributed by atoms with Crippen LogP contribution in [0.15, 0.2) is 78.9 Å². The largest absolute Gasteiger partial charge is 0.306 e. The molecule has 38 heavy (non-hydrogen) atoms. The fourth-order valence-electron chi connectivity index (χ4n) is 6.35. The number of nitrogens with one attached hydrogen (secondary N) is 1. The van der Waals surface area contributed by atoms with Gasteiger partial charge in [-0.15, -0.1) is 0 Å². The van der Waals surface area contributed by atoms with Crippen molar-refractivity contribution >= 4 is 35.2 Å². The highest BCUT2D eigenvalue weighted by Crippen LogP contribution is 2.55. The molecular weight excluding hydrogens is 501 g/mol. The lowest BCUT2D eigenvalue weighted by atomic mass is 9.76. The quantitative estimate of drug-likeness (QED) is 0.467. The molecule has 6 nitrogen and oxygen atoms in total. The molecule has 194 valence electrons. The first-order valence-electron chi connectivity index (χ1n) is 12.8. The fraction of sp³-hybridized carbons (Fsp3) is 0.300. The first-order chi connectivity index (χ1) is 18.5. The van der Waals surface area contributed by atoms with Crippen LogP contribution < -0.4 is 10.2 Å². The van der Waals surface area contributed by atoms with Gasteiger partial charge in [-0.05, 0) is 47.8 Å².